The highest BCUT2D eigenvalue weighted by Gasteiger charge is 2.49. The van der Waals surface area contributed by atoms with E-state index in [1.807, 2.05) is 0 Å². The minimum atomic E-state index is -0.250. The molecular weight excluding hydrogens is 388 g/mol. The summed E-state index contributed by atoms with van der Waals surface area (Å²) in [6.07, 6.45) is 7.48. The molecule has 10 nitrogen and oxygen atoms in total. The summed E-state index contributed by atoms with van der Waals surface area (Å²) in [6.45, 7) is 2.75. The highest BCUT2D eigenvalue weighted by atomic mass is 16.3. The molecule has 0 spiro atoms. The van der Waals surface area contributed by atoms with Gasteiger partial charge >= 0.3 is 0 Å². The molecule has 30 heavy (non-hydrogen) atoms. The quantitative estimate of drug-likeness (QED) is 0.675. The maximum Gasteiger partial charge on any atom is 0.290 e. The van der Waals surface area contributed by atoms with Crippen molar-refractivity contribution >= 4 is 18.3 Å². The average molecular weight is 421 g/mol. The molecule has 4 rings (SSSR count). The van der Waals surface area contributed by atoms with Crippen molar-refractivity contribution in [3.63, 3.8) is 0 Å². The minimum Gasteiger partial charge on any atom is -0.483 e. The Morgan fingerprint density at radius 3 is 2.73 bits per heavy atom. The topological polar surface area (TPSA) is 112 Å². The van der Waals surface area contributed by atoms with Gasteiger partial charge in [-0.2, -0.15) is 5.10 Å². The number of carbonyl (C=O) groups excluding carboxylic acids is 2. The summed E-state index contributed by atoms with van der Waals surface area (Å²) < 4.78 is 1.71. The third kappa shape index (κ3) is 4.97. The molecular formula is C20H32N6O4. The lowest BCUT2D eigenvalue weighted by molar-refractivity contribution is -0.157. The van der Waals surface area contributed by atoms with Gasteiger partial charge in [-0.25, -0.2) is 4.98 Å². The Labute approximate surface area is 176 Å². The second kappa shape index (κ2) is 10.0. The standard InChI is InChI=1S/C19H30N6O2.CH2O2/c1-22(2)11-17-15-8-14(16-4-3-5-19(27)25(16)17)9-23(10-15)18(26)6-7-24-13-20-12-21-24;2-1-3/h12-17H,3-11H2,1-2H3;1H,(H,2,3)/t14-,15+,16+,17+;/m1./s1. The van der Waals surface area contributed by atoms with Crippen LogP contribution in [0.3, 0.4) is 0 Å². The molecule has 10 heteroatoms. The summed E-state index contributed by atoms with van der Waals surface area (Å²) in [7, 11) is 4.14. The molecule has 4 heterocycles. The molecule has 4 atom stereocenters. The SMILES string of the molecule is CN(C)C[C@H]1[C@H]2C[C@H](CN(C(=O)CCn3cncn3)C2)[C@@H]2CCCC(=O)N21.O=CO. The van der Waals surface area contributed by atoms with Crippen molar-refractivity contribution < 1.29 is 19.5 Å². The van der Waals surface area contributed by atoms with Crippen LogP contribution in [0.5, 0.6) is 0 Å². The minimum absolute atomic E-state index is 0.194. The maximum atomic E-state index is 12.9. The Hall–Kier alpha value is -2.49. The molecule has 3 fully saturated rings. The number of rotatable bonds is 5. The van der Waals surface area contributed by atoms with Gasteiger partial charge in [0, 0.05) is 44.6 Å². The van der Waals surface area contributed by atoms with E-state index in [0.29, 0.717) is 43.2 Å². The van der Waals surface area contributed by atoms with E-state index in [1.54, 1.807) is 11.0 Å². The van der Waals surface area contributed by atoms with Crippen LogP contribution in [0.1, 0.15) is 32.1 Å². The van der Waals surface area contributed by atoms with Gasteiger partial charge in [0.1, 0.15) is 12.7 Å². The molecule has 0 radical (unpaired) electrons. The van der Waals surface area contributed by atoms with Gasteiger partial charge in [-0.15, -0.1) is 0 Å². The molecule has 0 aliphatic carbocycles. The number of amides is 2. The summed E-state index contributed by atoms with van der Waals surface area (Å²) in [5.41, 5.74) is 0. The van der Waals surface area contributed by atoms with Crippen LogP contribution in [0, 0.1) is 11.8 Å². The van der Waals surface area contributed by atoms with Gasteiger partial charge in [0.05, 0.1) is 6.54 Å². The van der Waals surface area contributed by atoms with E-state index >= 15 is 0 Å². The summed E-state index contributed by atoms with van der Waals surface area (Å²) in [5, 5.41) is 11.0. The van der Waals surface area contributed by atoms with Gasteiger partial charge in [0.25, 0.3) is 6.47 Å². The molecule has 3 saturated heterocycles. The summed E-state index contributed by atoms with van der Waals surface area (Å²) in [4.78, 5) is 44.3. The molecule has 0 saturated carbocycles. The number of carbonyl (C=O) groups is 3. The Bertz CT molecular complexity index is 725. The van der Waals surface area contributed by atoms with Crippen LogP contribution in [-0.4, -0.2) is 98.7 Å². The van der Waals surface area contributed by atoms with E-state index in [2.05, 4.69) is 38.9 Å². The number of nitrogens with zero attached hydrogens (tertiary/aromatic N) is 6. The molecule has 166 valence electrons. The summed E-state index contributed by atoms with van der Waals surface area (Å²) in [6, 6.07) is 0.526. The van der Waals surface area contributed by atoms with Gasteiger partial charge in [0.2, 0.25) is 11.8 Å². The Balaban J connectivity index is 0.000000806. The zero-order chi connectivity index (χ0) is 21.7. The van der Waals surface area contributed by atoms with E-state index in [9.17, 15) is 9.59 Å². The molecule has 1 aromatic heterocycles. The van der Waals surface area contributed by atoms with Crippen LogP contribution >= 0.6 is 0 Å². The fourth-order valence-corrected chi connectivity index (χ4v) is 5.30. The molecule has 1 aromatic rings. The summed E-state index contributed by atoms with van der Waals surface area (Å²) in [5.74, 6) is 1.31. The lowest BCUT2D eigenvalue weighted by atomic mass is 9.72. The van der Waals surface area contributed by atoms with E-state index in [4.69, 9.17) is 9.90 Å². The summed E-state index contributed by atoms with van der Waals surface area (Å²) >= 11 is 0. The third-order valence-electron chi connectivity index (χ3n) is 6.42. The number of carboxylic acid groups (broad SMARTS) is 1. The van der Waals surface area contributed by atoms with Gasteiger partial charge in [-0.3, -0.25) is 19.1 Å². The number of fused-ring (bicyclic) bond motifs is 4. The first-order chi connectivity index (χ1) is 14.4. The fourth-order valence-electron chi connectivity index (χ4n) is 5.30. The maximum absolute atomic E-state index is 12.9. The van der Waals surface area contributed by atoms with Crippen LogP contribution in [0.15, 0.2) is 12.7 Å². The smallest absolute Gasteiger partial charge is 0.290 e. The first kappa shape index (κ1) is 22.2. The van der Waals surface area contributed by atoms with E-state index in [1.165, 1.54) is 6.33 Å². The highest BCUT2D eigenvalue weighted by Crippen LogP contribution is 2.41. The molecule has 3 aliphatic rings. The average Bonchev–Trinajstić information content (AvgIpc) is 3.23. The van der Waals surface area contributed by atoms with Gasteiger partial charge in [0.15, 0.2) is 0 Å². The molecule has 0 aromatic carbocycles. The largest absolute Gasteiger partial charge is 0.483 e. The van der Waals surface area contributed by atoms with Crippen molar-refractivity contribution in [1.82, 2.24) is 29.5 Å². The first-order valence-corrected chi connectivity index (χ1v) is 10.6. The van der Waals surface area contributed by atoms with Crippen molar-refractivity contribution in [2.24, 2.45) is 11.8 Å². The number of likely N-dealkylation sites (tertiary alicyclic amines) is 1. The van der Waals surface area contributed by atoms with Crippen LogP contribution in [-0.2, 0) is 20.9 Å². The van der Waals surface area contributed by atoms with Crippen molar-refractivity contribution in [2.75, 3.05) is 33.7 Å². The van der Waals surface area contributed by atoms with Crippen molar-refractivity contribution in [3.05, 3.63) is 12.7 Å². The highest BCUT2D eigenvalue weighted by molar-refractivity contribution is 5.78. The van der Waals surface area contributed by atoms with Crippen molar-refractivity contribution in [2.45, 2.75) is 50.7 Å². The number of piperidine rings is 3. The number of likely N-dealkylation sites (N-methyl/N-ethyl adjacent to an activating group) is 1. The molecule has 1 N–H and O–H groups in total. The molecule has 3 aliphatic heterocycles. The molecule has 0 unspecified atom stereocenters. The Morgan fingerprint density at radius 2 is 2.07 bits per heavy atom. The normalized spacial score (nSPS) is 27.9. The van der Waals surface area contributed by atoms with Crippen LogP contribution in [0.25, 0.3) is 0 Å². The number of hydrogen-bond acceptors (Lipinski definition) is 6. The van der Waals surface area contributed by atoms with Gasteiger partial charge < -0.3 is 19.8 Å². The first-order valence-electron chi connectivity index (χ1n) is 10.6. The third-order valence-corrected chi connectivity index (χ3v) is 6.42. The van der Waals surface area contributed by atoms with E-state index in [-0.39, 0.29) is 18.4 Å². The van der Waals surface area contributed by atoms with Crippen molar-refractivity contribution in [1.29, 1.82) is 0 Å². The second-order valence-corrected chi connectivity index (χ2v) is 8.66. The van der Waals surface area contributed by atoms with Gasteiger partial charge in [-0.05, 0) is 45.2 Å². The monoisotopic (exact) mass is 420 g/mol. The predicted molar refractivity (Wildman–Crippen MR) is 108 cm³/mol. The zero-order valence-electron chi connectivity index (χ0n) is 17.8. The molecule has 2 bridgehead atoms. The Kier molecular flexibility index (Phi) is 7.41. The number of hydrogen-bond donors (Lipinski definition) is 1. The van der Waals surface area contributed by atoms with Crippen LogP contribution in [0.4, 0.5) is 0 Å². The van der Waals surface area contributed by atoms with Crippen LogP contribution < -0.4 is 0 Å². The number of aromatic nitrogens is 3. The second-order valence-electron chi connectivity index (χ2n) is 8.66. The van der Waals surface area contributed by atoms with E-state index < -0.39 is 0 Å². The van der Waals surface area contributed by atoms with Crippen molar-refractivity contribution in [3.8, 4) is 0 Å². The lowest BCUT2D eigenvalue weighted by Crippen LogP contribution is -2.67. The zero-order valence-corrected chi connectivity index (χ0v) is 17.8. The lowest BCUT2D eigenvalue weighted by Gasteiger charge is -2.57. The Morgan fingerprint density at radius 1 is 1.33 bits per heavy atom. The predicted octanol–water partition coefficient (Wildman–Crippen LogP) is 0.159. The molecule has 2 amide bonds. The van der Waals surface area contributed by atoms with E-state index in [0.717, 1.165) is 38.9 Å². The fraction of sp³-hybridized carbons (Fsp3) is 0.750. The number of aryl methyl sites for hydroxylation is 1. The van der Waals surface area contributed by atoms with Crippen LogP contribution in [0.2, 0.25) is 0 Å². The van der Waals surface area contributed by atoms with Gasteiger partial charge in [-0.1, -0.05) is 0 Å².